The first-order valence-corrected chi connectivity index (χ1v) is 10.2. The number of hydrogen-bond donors (Lipinski definition) is 1. The van der Waals surface area contributed by atoms with Crippen LogP contribution in [0.3, 0.4) is 0 Å². The van der Waals surface area contributed by atoms with Crippen molar-refractivity contribution >= 4 is 17.4 Å². The standard InChI is InChI=1S/C25H22FNO5/c1-3-15-6-8-16(9-7-15)22-21(23(28)17-10-11-20(31-2)19(26)13-17)24(29)25(30)27(22)14-18-5-4-12-32-18/h4-13,22,28H,3,14H2,1-2H3. The summed E-state index contributed by atoms with van der Waals surface area (Å²) in [5.74, 6) is -2.23. The van der Waals surface area contributed by atoms with E-state index in [-0.39, 0.29) is 23.4 Å². The third-order valence-electron chi connectivity index (χ3n) is 5.58. The summed E-state index contributed by atoms with van der Waals surface area (Å²) < 4.78 is 24.6. The SMILES string of the molecule is CCc1ccc(C2C(=C(O)c3ccc(OC)c(F)c3)C(=O)C(=O)N2Cc2ccco2)cc1. The van der Waals surface area contributed by atoms with Crippen molar-refractivity contribution in [3.63, 3.8) is 0 Å². The highest BCUT2D eigenvalue weighted by molar-refractivity contribution is 6.46. The van der Waals surface area contributed by atoms with Crippen molar-refractivity contribution in [2.45, 2.75) is 25.9 Å². The number of ether oxygens (including phenoxy) is 1. The average Bonchev–Trinajstić information content (AvgIpc) is 3.41. The van der Waals surface area contributed by atoms with Gasteiger partial charge in [0.1, 0.15) is 11.5 Å². The van der Waals surface area contributed by atoms with Gasteiger partial charge in [0.05, 0.1) is 31.5 Å². The summed E-state index contributed by atoms with van der Waals surface area (Å²) in [7, 11) is 1.33. The van der Waals surface area contributed by atoms with Gasteiger partial charge in [0.25, 0.3) is 11.7 Å². The molecule has 0 aliphatic carbocycles. The predicted molar refractivity (Wildman–Crippen MR) is 115 cm³/mol. The van der Waals surface area contributed by atoms with E-state index >= 15 is 0 Å². The quantitative estimate of drug-likeness (QED) is 0.347. The van der Waals surface area contributed by atoms with Crippen molar-refractivity contribution < 1.29 is 28.2 Å². The molecule has 7 heteroatoms. The number of halogens is 1. The van der Waals surface area contributed by atoms with Crippen molar-refractivity contribution in [1.82, 2.24) is 4.90 Å². The third-order valence-corrected chi connectivity index (χ3v) is 5.58. The van der Waals surface area contributed by atoms with E-state index in [1.807, 2.05) is 31.2 Å². The molecule has 2 aromatic carbocycles. The average molecular weight is 435 g/mol. The highest BCUT2D eigenvalue weighted by atomic mass is 19.1. The molecule has 32 heavy (non-hydrogen) atoms. The highest BCUT2D eigenvalue weighted by Crippen LogP contribution is 2.40. The Balaban J connectivity index is 1.85. The van der Waals surface area contributed by atoms with Crippen LogP contribution in [0.25, 0.3) is 5.76 Å². The molecule has 1 aliphatic rings. The molecule has 1 unspecified atom stereocenters. The molecule has 6 nitrogen and oxygen atoms in total. The number of amides is 1. The van der Waals surface area contributed by atoms with Gasteiger partial charge in [-0.05, 0) is 47.9 Å². The number of Topliss-reactive ketones (excluding diaryl/α,β-unsaturated/α-hetero) is 1. The number of rotatable bonds is 6. The van der Waals surface area contributed by atoms with Gasteiger partial charge >= 0.3 is 0 Å². The number of benzene rings is 2. The molecular weight excluding hydrogens is 413 g/mol. The molecular formula is C25H22FNO5. The topological polar surface area (TPSA) is 80.0 Å². The zero-order valence-corrected chi connectivity index (χ0v) is 17.7. The highest BCUT2D eigenvalue weighted by Gasteiger charge is 2.46. The molecule has 1 N–H and O–H groups in total. The van der Waals surface area contributed by atoms with Crippen LogP contribution >= 0.6 is 0 Å². The molecule has 4 rings (SSSR count). The molecule has 1 fully saturated rings. The number of nitrogens with zero attached hydrogens (tertiary/aromatic N) is 1. The Kier molecular flexibility index (Phi) is 5.81. The number of ketones is 1. The molecule has 0 radical (unpaired) electrons. The van der Waals surface area contributed by atoms with Crippen LogP contribution in [0.15, 0.2) is 70.9 Å². The van der Waals surface area contributed by atoms with E-state index in [1.165, 1.54) is 30.4 Å². The van der Waals surface area contributed by atoms with Gasteiger partial charge in [-0.2, -0.15) is 0 Å². The van der Waals surface area contributed by atoms with E-state index in [4.69, 9.17) is 9.15 Å². The summed E-state index contributed by atoms with van der Waals surface area (Å²) in [5, 5.41) is 11.0. The normalized spacial score (nSPS) is 17.7. The first-order chi connectivity index (χ1) is 15.4. The van der Waals surface area contributed by atoms with E-state index in [0.29, 0.717) is 11.3 Å². The Morgan fingerprint density at radius 3 is 2.50 bits per heavy atom. The van der Waals surface area contributed by atoms with Gasteiger partial charge in [-0.1, -0.05) is 31.2 Å². The van der Waals surface area contributed by atoms with Crippen LogP contribution in [0, 0.1) is 5.82 Å². The first kappa shape index (κ1) is 21.4. The van der Waals surface area contributed by atoms with Crippen LogP contribution in [-0.2, 0) is 22.6 Å². The van der Waals surface area contributed by atoms with Gasteiger partial charge in [0, 0.05) is 5.56 Å². The molecule has 0 bridgehead atoms. The molecule has 0 saturated carbocycles. The minimum atomic E-state index is -0.851. The van der Waals surface area contributed by atoms with Crippen molar-refractivity contribution in [3.8, 4) is 5.75 Å². The van der Waals surface area contributed by atoms with Crippen molar-refractivity contribution in [1.29, 1.82) is 0 Å². The summed E-state index contributed by atoms with van der Waals surface area (Å²) in [6.07, 6.45) is 2.31. The molecule has 164 valence electrons. The largest absolute Gasteiger partial charge is 0.507 e. The van der Waals surface area contributed by atoms with E-state index in [1.54, 1.807) is 12.1 Å². The second-order valence-corrected chi connectivity index (χ2v) is 7.45. The predicted octanol–water partition coefficient (Wildman–Crippen LogP) is 4.61. The number of aryl methyl sites for hydroxylation is 1. The number of aliphatic hydroxyl groups is 1. The first-order valence-electron chi connectivity index (χ1n) is 10.2. The summed E-state index contributed by atoms with van der Waals surface area (Å²) in [6.45, 7) is 2.07. The summed E-state index contributed by atoms with van der Waals surface area (Å²) in [5.41, 5.74) is 1.72. The minimum Gasteiger partial charge on any atom is -0.507 e. The van der Waals surface area contributed by atoms with Crippen molar-refractivity contribution in [2.24, 2.45) is 0 Å². The van der Waals surface area contributed by atoms with Gasteiger partial charge in [0.15, 0.2) is 11.6 Å². The lowest BCUT2D eigenvalue weighted by molar-refractivity contribution is -0.140. The van der Waals surface area contributed by atoms with Gasteiger partial charge in [-0.15, -0.1) is 0 Å². The summed E-state index contributed by atoms with van der Waals surface area (Å²) in [4.78, 5) is 27.3. The maximum absolute atomic E-state index is 14.3. The fourth-order valence-corrected chi connectivity index (χ4v) is 3.86. The monoisotopic (exact) mass is 435 g/mol. The molecule has 1 amide bonds. The van der Waals surface area contributed by atoms with Gasteiger partial charge in [-0.3, -0.25) is 9.59 Å². The smallest absolute Gasteiger partial charge is 0.296 e. The van der Waals surface area contributed by atoms with E-state index in [2.05, 4.69) is 0 Å². The molecule has 0 spiro atoms. The van der Waals surface area contributed by atoms with Crippen molar-refractivity contribution in [3.05, 3.63) is 94.7 Å². The Bertz CT molecular complexity index is 1180. The van der Waals surface area contributed by atoms with Crippen LogP contribution in [-0.4, -0.2) is 28.8 Å². The zero-order valence-electron chi connectivity index (χ0n) is 17.7. The Labute approximate surface area is 184 Å². The zero-order chi connectivity index (χ0) is 22.8. The second kappa shape index (κ2) is 8.70. The molecule has 1 aromatic heterocycles. The van der Waals surface area contributed by atoms with Crippen LogP contribution < -0.4 is 4.74 Å². The van der Waals surface area contributed by atoms with E-state index < -0.39 is 29.3 Å². The number of carbonyl (C=O) groups is 2. The summed E-state index contributed by atoms with van der Waals surface area (Å²) >= 11 is 0. The van der Waals surface area contributed by atoms with E-state index in [9.17, 15) is 19.1 Å². The second-order valence-electron chi connectivity index (χ2n) is 7.45. The minimum absolute atomic E-state index is 0.00604. The lowest BCUT2D eigenvalue weighted by atomic mass is 9.94. The number of methoxy groups -OCH3 is 1. The summed E-state index contributed by atoms with van der Waals surface area (Å²) in [6, 6.07) is 13.9. The lowest BCUT2D eigenvalue weighted by Gasteiger charge is -2.24. The fraction of sp³-hybridized carbons (Fsp3) is 0.200. The molecule has 3 aromatic rings. The van der Waals surface area contributed by atoms with Crippen molar-refractivity contribution in [2.75, 3.05) is 7.11 Å². The maximum Gasteiger partial charge on any atom is 0.296 e. The van der Waals surface area contributed by atoms with Gasteiger partial charge < -0.3 is 19.2 Å². The van der Waals surface area contributed by atoms with Crippen LogP contribution in [0.5, 0.6) is 5.75 Å². The number of aliphatic hydroxyl groups excluding tert-OH is 1. The fourth-order valence-electron chi connectivity index (χ4n) is 3.86. The lowest BCUT2D eigenvalue weighted by Crippen LogP contribution is -2.29. The molecule has 1 atom stereocenters. The van der Waals surface area contributed by atoms with Crippen LogP contribution in [0.1, 0.15) is 35.4 Å². The number of carbonyl (C=O) groups excluding carboxylic acids is 2. The number of hydrogen-bond acceptors (Lipinski definition) is 5. The third kappa shape index (κ3) is 3.77. The van der Waals surface area contributed by atoms with Crippen LogP contribution in [0.2, 0.25) is 0 Å². The van der Waals surface area contributed by atoms with Gasteiger partial charge in [0.2, 0.25) is 0 Å². The Morgan fingerprint density at radius 1 is 1.16 bits per heavy atom. The van der Waals surface area contributed by atoms with E-state index in [0.717, 1.165) is 18.1 Å². The molecule has 1 saturated heterocycles. The Morgan fingerprint density at radius 2 is 1.91 bits per heavy atom. The number of likely N-dealkylation sites (tertiary alicyclic amines) is 1. The Hall–Kier alpha value is -3.87. The molecule has 2 heterocycles. The van der Waals surface area contributed by atoms with Gasteiger partial charge in [-0.25, -0.2) is 4.39 Å². The molecule has 1 aliphatic heterocycles. The van der Waals surface area contributed by atoms with Crippen LogP contribution in [0.4, 0.5) is 4.39 Å². The number of furan rings is 1. The maximum atomic E-state index is 14.3.